The van der Waals surface area contributed by atoms with Crippen molar-refractivity contribution in [3.8, 4) is 0 Å². The largest absolute Gasteiger partial charge is 0.480 e. The molecule has 1 unspecified atom stereocenters. The number of nitrogens with one attached hydrogen (secondary N) is 2. The number of fused-ring (bicyclic) bond motifs is 1. The van der Waals surface area contributed by atoms with Crippen LogP contribution in [-0.4, -0.2) is 47.3 Å². The van der Waals surface area contributed by atoms with E-state index in [1.807, 2.05) is 0 Å². The van der Waals surface area contributed by atoms with Crippen molar-refractivity contribution in [2.75, 3.05) is 18.5 Å². The average Bonchev–Trinajstić information content (AvgIpc) is 2.80. The molecule has 9 heteroatoms. The van der Waals surface area contributed by atoms with E-state index in [-0.39, 0.29) is 29.7 Å². The molecule has 1 aliphatic heterocycles. The van der Waals surface area contributed by atoms with Crippen LogP contribution in [0.15, 0.2) is 30.3 Å². The van der Waals surface area contributed by atoms with Crippen molar-refractivity contribution in [3.63, 3.8) is 0 Å². The van der Waals surface area contributed by atoms with Gasteiger partial charge < -0.3 is 20.5 Å². The minimum Gasteiger partial charge on any atom is -0.480 e. The number of nitrogens with zero attached hydrogens (tertiary/aromatic N) is 1. The molecule has 0 bridgehead atoms. The molecule has 3 N–H and O–H groups in total. The lowest BCUT2D eigenvalue weighted by molar-refractivity contribution is -0.140. The maximum atomic E-state index is 13.6. The van der Waals surface area contributed by atoms with Gasteiger partial charge >= 0.3 is 5.97 Å². The van der Waals surface area contributed by atoms with Gasteiger partial charge in [-0.3, -0.25) is 4.79 Å². The predicted molar refractivity (Wildman–Crippen MR) is 127 cm³/mol. The monoisotopic (exact) mass is 489 g/mol. The Hall–Kier alpha value is -2.71. The van der Waals surface area contributed by atoms with Gasteiger partial charge in [-0.15, -0.1) is 0 Å². The zero-order chi connectivity index (χ0) is 24.1. The topological polar surface area (TPSA) is 101 Å². The molecule has 2 aliphatic rings. The highest BCUT2D eigenvalue weighted by Gasteiger charge is 2.30. The average molecular weight is 490 g/mol. The summed E-state index contributed by atoms with van der Waals surface area (Å²) in [6.45, 7) is 1.19. The standard InChI is InChI=1S/C25H29ClFN3O4/c26-22-19(4-1-5-20(22)27)24(31)30-21(25(32)33)10-12-34-18-13-15(14-18)6-8-17-9-7-16-3-2-11-28-23(16)29-17/h1,4-5,7,9,15,18,21H,2-3,6,8,10-14H2,(H,28,29)(H,30,31)(H,32,33). The molecule has 1 aromatic carbocycles. The number of carboxylic acids is 1. The van der Waals surface area contributed by atoms with E-state index in [0.29, 0.717) is 5.92 Å². The first-order valence-corrected chi connectivity index (χ1v) is 12.1. The molecule has 0 saturated heterocycles. The number of aryl methyl sites for hydroxylation is 2. The summed E-state index contributed by atoms with van der Waals surface area (Å²) in [5, 5.41) is 14.9. The van der Waals surface area contributed by atoms with Gasteiger partial charge in [0.05, 0.1) is 16.7 Å². The highest BCUT2D eigenvalue weighted by Crippen LogP contribution is 2.34. The second-order valence-corrected chi connectivity index (χ2v) is 9.34. The molecule has 4 rings (SSSR count). The number of hydrogen-bond donors (Lipinski definition) is 3. The van der Waals surface area contributed by atoms with Crippen LogP contribution in [0.4, 0.5) is 10.2 Å². The van der Waals surface area contributed by atoms with Crippen molar-refractivity contribution in [2.24, 2.45) is 5.92 Å². The van der Waals surface area contributed by atoms with E-state index in [2.05, 4.69) is 22.8 Å². The summed E-state index contributed by atoms with van der Waals surface area (Å²) >= 11 is 5.82. The first kappa shape index (κ1) is 24.4. The summed E-state index contributed by atoms with van der Waals surface area (Å²) in [4.78, 5) is 28.6. The molecule has 1 aliphatic carbocycles. The summed E-state index contributed by atoms with van der Waals surface area (Å²) in [5.74, 6) is -1.04. The van der Waals surface area contributed by atoms with E-state index in [1.165, 1.54) is 17.7 Å². The normalized spacial score (nSPS) is 19.9. The van der Waals surface area contributed by atoms with Crippen molar-refractivity contribution in [1.29, 1.82) is 0 Å². The number of benzene rings is 1. The highest BCUT2D eigenvalue weighted by molar-refractivity contribution is 6.34. The molecule has 2 heterocycles. The fourth-order valence-electron chi connectivity index (χ4n) is 4.43. The molecule has 34 heavy (non-hydrogen) atoms. The molecule has 1 aromatic heterocycles. The predicted octanol–water partition coefficient (Wildman–Crippen LogP) is 4.23. The lowest BCUT2D eigenvalue weighted by atomic mass is 9.79. The van der Waals surface area contributed by atoms with Gasteiger partial charge in [-0.1, -0.05) is 23.7 Å². The quantitative estimate of drug-likeness (QED) is 0.461. The van der Waals surface area contributed by atoms with Crippen LogP contribution in [0.25, 0.3) is 0 Å². The van der Waals surface area contributed by atoms with Gasteiger partial charge in [-0.05, 0) is 68.2 Å². The third-order valence-electron chi connectivity index (χ3n) is 6.51. The zero-order valence-electron chi connectivity index (χ0n) is 18.9. The molecule has 1 fully saturated rings. The van der Waals surface area contributed by atoms with E-state index < -0.39 is 23.7 Å². The second-order valence-electron chi connectivity index (χ2n) is 8.96. The molecular formula is C25H29ClFN3O4. The number of halogens is 2. The van der Waals surface area contributed by atoms with Crippen LogP contribution in [-0.2, 0) is 22.4 Å². The van der Waals surface area contributed by atoms with Crippen molar-refractivity contribution in [2.45, 2.75) is 57.1 Å². The first-order valence-electron chi connectivity index (χ1n) is 11.7. The minimum atomic E-state index is -1.18. The SMILES string of the molecule is O=C(NC(CCOC1CC(CCc2ccc3c(n2)NCCC3)C1)C(=O)O)c1cccc(F)c1Cl. The molecular weight excluding hydrogens is 461 g/mol. The number of amides is 1. The van der Waals surface area contributed by atoms with E-state index in [0.717, 1.165) is 62.6 Å². The number of rotatable bonds is 10. The Bertz CT molecular complexity index is 1040. The fraction of sp³-hybridized carbons (Fsp3) is 0.480. The van der Waals surface area contributed by atoms with Crippen molar-refractivity contribution < 1.29 is 23.8 Å². The van der Waals surface area contributed by atoms with Gasteiger partial charge in [0.15, 0.2) is 0 Å². The van der Waals surface area contributed by atoms with Gasteiger partial charge in [0.2, 0.25) is 0 Å². The van der Waals surface area contributed by atoms with Crippen LogP contribution in [0, 0.1) is 11.7 Å². The van der Waals surface area contributed by atoms with E-state index in [1.54, 1.807) is 0 Å². The molecule has 2 aromatic rings. The van der Waals surface area contributed by atoms with Crippen molar-refractivity contribution >= 4 is 29.3 Å². The highest BCUT2D eigenvalue weighted by atomic mass is 35.5. The number of carbonyl (C=O) groups excluding carboxylic acids is 1. The smallest absolute Gasteiger partial charge is 0.326 e. The summed E-state index contributed by atoms with van der Waals surface area (Å²) in [7, 11) is 0. The fourth-order valence-corrected chi connectivity index (χ4v) is 4.64. The first-order chi connectivity index (χ1) is 16.4. The number of pyridine rings is 1. The van der Waals surface area contributed by atoms with Crippen molar-refractivity contribution in [1.82, 2.24) is 10.3 Å². The number of aliphatic carboxylic acids is 1. The van der Waals surface area contributed by atoms with Crippen LogP contribution in [0.1, 0.15) is 53.7 Å². The van der Waals surface area contributed by atoms with Crippen LogP contribution in [0.5, 0.6) is 0 Å². The third kappa shape index (κ3) is 6.04. The molecule has 0 spiro atoms. The number of ether oxygens (including phenoxy) is 1. The molecule has 1 atom stereocenters. The van der Waals surface area contributed by atoms with Gasteiger partial charge in [0.25, 0.3) is 5.91 Å². The van der Waals surface area contributed by atoms with Crippen LogP contribution in [0.2, 0.25) is 5.02 Å². The molecule has 1 saturated carbocycles. The van der Waals surface area contributed by atoms with Gasteiger partial charge in [0, 0.05) is 25.3 Å². The molecule has 7 nitrogen and oxygen atoms in total. The summed E-state index contributed by atoms with van der Waals surface area (Å²) in [6.07, 6.45) is 6.31. The van der Waals surface area contributed by atoms with Gasteiger partial charge in [-0.25, -0.2) is 14.2 Å². The van der Waals surface area contributed by atoms with Crippen LogP contribution >= 0.6 is 11.6 Å². The number of anilines is 1. The number of carbonyl (C=O) groups is 2. The lowest BCUT2D eigenvalue weighted by Gasteiger charge is -2.35. The third-order valence-corrected chi connectivity index (χ3v) is 6.90. The van der Waals surface area contributed by atoms with E-state index in [9.17, 15) is 19.1 Å². The Kier molecular flexibility index (Phi) is 8.00. The molecule has 0 radical (unpaired) electrons. The second kappa shape index (κ2) is 11.1. The van der Waals surface area contributed by atoms with Gasteiger partial charge in [0.1, 0.15) is 17.7 Å². The van der Waals surface area contributed by atoms with E-state index in [4.69, 9.17) is 21.3 Å². The number of aromatic nitrogens is 1. The molecule has 182 valence electrons. The van der Waals surface area contributed by atoms with Crippen LogP contribution in [0.3, 0.4) is 0 Å². The maximum Gasteiger partial charge on any atom is 0.326 e. The van der Waals surface area contributed by atoms with Crippen molar-refractivity contribution in [3.05, 3.63) is 58.0 Å². The zero-order valence-corrected chi connectivity index (χ0v) is 19.6. The number of hydrogen-bond acceptors (Lipinski definition) is 5. The van der Waals surface area contributed by atoms with Gasteiger partial charge in [-0.2, -0.15) is 0 Å². The summed E-state index contributed by atoms with van der Waals surface area (Å²) in [6, 6.07) is 6.98. The Labute approximate surface area is 203 Å². The maximum absolute atomic E-state index is 13.6. The Morgan fingerprint density at radius 3 is 2.91 bits per heavy atom. The Balaban J connectivity index is 1.16. The minimum absolute atomic E-state index is 0.0973. The van der Waals surface area contributed by atoms with E-state index >= 15 is 0 Å². The lowest BCUT2D eigenvalue weighted by Crippen LogP contribution is -2.42. The Morgan fingerprint density at radius 2 is 2.12 bits per heavy atom. The summed E-state index contributed by atoms with van der Waals surface area (Å²) < 4.78 is 19.4. The Morgan fingerprint density at radius 1 is 1.29 bits per heavy atom. The molecule has 1 amide bonds. The van der Waals surface area contributed by atoms with Crippen LogP contribution < -0.4 is 10.6 Å². The summed E-state index contributed by atoms with van der Waals surface area (Å²) in [5.41, 5.74) is 2.30. The number of carboxylic acid groups (broad SMARTS) is 1.